The zero-order valence-electron chi connectivity index (χ0n) is 14.1. The average Bonchev–Trinajstić information content (AvgIpc) is 2.65. The molecule has 3 aromatic carbocycles. The molecule has 0 aliphatic rings. The second-order valence-corrected chi connectivity index (χ2v) is 6.80. The summed E-state index contributed by atoms with van der Waals surface area (Å²) in [5.41, 5.74) is 2.07. The number of nitrogens with one attached hydrogen (secondary N) is 1. The Morgan fingerprint density at radius 1 is 1.07 bits per heavy atom. The van der Waals surface area contributed by atoms with Crippen molar-refractivity contribution in [2.24, 2.45) is 0 Å². The molecule has 7 heteroatoms. The Bertz CT molecular complexity index is 989. The van der Waals surface area contributed by atoms with E-state index in [-0.39, 0.29) is 17.0 Å². The van der Waals surface area contributed by atoms with Crippen molar-refractivity contribution >= 4 is 33.2 Å². The summed E-state index contributed by atoms with van der Waals surface area (Å²) in [5.74, 6) is -0.599. The van der Waals surface area contributed by atoms with E-state index in [0.29, 0.717) is 22.1 Å². The lowest BCUT2D eigenvalue weighted by Crippen LogP contribution is -2.13. The van der Waals surface area contributed by atoms with Crippen molar-refractivity contribution in [3.63, 3.8) is 0 Å². The van der Waals surface area contributed by atoms with Gasteiger partial charge in [-0.2, -0.15) is 0 Å². The lowest BCUT2D eigenvalue weighted by molar-refractivity contribution is -0.384. The molecule has 0 unspecified atom stereocenters. The van der Waals surface area contributed by atoms with Crippen molar-refractivity contribution in [3.05, 3.63) is 98.0 Å². The van der Waals surface area contributed by atoms with Crippen LogP contribution in [0.2, 0.25) is 0 Å². The predicted octanol–water partition coefficient (Wildman–Crippen LogP) is 4.91. The van der Waals surface area contributed by atoms with Crippen LogP contribution in [0.25, 0.3) is 0 Å². The number of nitro groups is 1. The van der Waals surface area contributed by atoms with Crippen LogP contribution in [0.5, 0.6) is 5.75 Å². The fourth-order valence-electron chi connectivity index (χ4n) is 2.64. The topological polar surface area (TPSA) is 92.5 Å². The highest BCUT2D eigenvalue weighted by molar-refractivity contribution is 9.10. The minimum absolute atomic E-state index is 0.0663. The monoisotopic (exact) mass is 426 g/mol. The van der Waals surface area contributed by atoms with Crippen LogP contribution in [0, 0.1) is 10.1 Å². The van der Waals surface area contributed by atoms with E-state index in [1.165, 1.54) is 30.3 Å². The molecule has 136 valence electrons. The summed E-state index contributed by atoms with van der Waals surface area (Å²) in [5, 5.41) is 23.9. The number of rotatable bonds is 5. The molecule has 0 radical (unpaired) electrons. The normalized spacial score (nSPS) is 10.4. The molecule has 0 aliphatic carbocycles. The van der Waals surface area contributed by atoms with E-state index in [1.807, 2.05) is 30.3 Å². The summed E-state index contributed by atoms with van der Waals surface area (Å²) >= 11 is 3.37. The first-order chi connectivity index (χ1) is 12.9. The number of anilines is 1. The van der Waals surface area contributed by atoms with Crippen LogP contribution >= 0.6 is 15.9 Å². The first kappa shape index (κ1) is 18.6. The molecule has 0 saturated heterocycles. The number of phenols is 1. The molecule has 2 N–H and O–H groups in total. The zero-order chi connectivity index (χ0) is 19.4. The van der Waals surface area contributed by atoms with E-state index in [2.05, 4.69) is 21.2 Å². The van der Waals surface area contributed by atoms with Crippen molar-refractivity contribution in [3.8, 4) is 5.75 Å². The highest BCUT2D eigenvalue weighted by Crippen LogP contribution is 2.30. The van der Waals surface area contributed by atoms with Gasteiger partial charge in [-0.1, -0.05) is 46.3 Å². The lowest BCUT2D eigenvalue weighted by Gasteiger charge is -2.12. The van der Waals surface area contributed by atoms with Crippen LogP contribution in [-0.4, -0.2) is 15.9 Å². The van der Waals surface area contributed by atoms with Crippen molar-refractivity contribution in [2.75, 3.05) is 5.32 Å². The third-order valence-electron chi connectivity index (χ3n) is 3.97. The highest BCUT2D eigenvalue weighted by Gasteiger charge is 2.17. The van der Waals surface area contributed by atoms with Gasteiger partial charge in [0.25, 0.3) is 11.6 Å². The van der Waals surface area contributed by atoms with E-state index in [9.17, 15) is 20.0 Å². The molecule has 0 atom stereocenters. The Labute approximate surface area is 163 Å². The Balaban J connectivity index is 1.85. The first-order valence-electron chi connectivity index (χ1n) is 8.05. The number of hydrogen-bond acceptors (Lipinski definition) is 4. The maximum absolute atomic E-state index is 12.6. The second-order valence-electron chi connectivity index (χ2n) is 5.88. The molecule has 3 rings (SSSR count). The standard InChI is InChI=1S/C20H15BrN2O4/c21-15-11-14(10-13-4-2-1-3-5-13)19(24)18(12-15)20(25)22-16-6-8-17(9-7-16)23(26)27/h1-9,11-12,24H,10H2,(H,22,25). The largest absolute Gasteiger partial charge is 0.507 e. The number of nitro benzene ring substituents is 1. The fourth-order valence-corrected chi connectivity index (χ4v) is 3.15. The molecule has 0 aliphatic heterocycles. The number of non-ortho nitro benzene ring substituents is 1. The van der Waals surface area contributed by atoms with E-state index >= 15 is 0 Å². The Kier molecular flexibility index (Phi) is 5.52. The second kappa shape index (κ2) is 8.01. The van der Waals surface area contributed by atoms with Gasteiger partial charge in [0.2, 0.25) is 0 Å². The molecule has 1 amide bonds. The number of phenolic OH excluding ortho intramolecular Hbond substituents is 1. The Morgan fingerprint density at radius 2 is 1.74 bits per heavy atom. The smallest absolute Gasteiger partial charge is 0.269 e. The Morgan fingerprint density at radius 3 is 2.37 bits per heavy atom. The van der Waals surface area contributed by atoms with Crippen molar-refractivity contribution < 1.29 is 14.8 Å². The minimum Gasteiger partial charge on any atom is -0.507 e. The number of carbonyl (C=O) groups excluding carboxylic acids is 1. The van der Waals surface area contributed by atoms with Gasteiger partial charge in [-0.25, -0.2) is 0 Å². The number of halogens is 1. The molecule has 0 bridgehead atoms. The number of carbonyl (C=O) groups is 1. The molecule has 3 aromatic rings. The van der Waals surface area contributed by atoms with Gasteiger partial charge in [0.15, 0.2) is 0 Å². The van der Waals surface area contributed by atoms with Gasteiger partial charge in [0.1, 0.15) is 5.75 Å². The molecule has 27 heavy (non-hydrogen) atoms. The third kappa shape index (κ3) is 4.51. The third-order valence-corrected chi connectivity index (χ3v) is 4.43. The van der Waals surface area contributed by atoms with Crippen molar-refractivity contribution in [2.45, 2.75) is 6.42 Å². The van der Waals surface area contributed by atoms with E-state index < -0.39 is 10.8 Å². The molecule has 6 nitrogen and oxygen atoms in total. The minimum atomic E-state index is -0.512. The van der Waals surface area contributed by atoms with Crippen LogP contribution in [0.3, 0.4) is 0 Å². The number of aromatic hydroxyl groups is 1. The SMILES string of the molecule is O=C(Nc1ccc([N+](=O)[O-])cc1)c1cc(Br)cc(Cc2ccccc2)c1O. The van der Waals surface area contributed by atoms with Gasteiger partial charge in [0, 0.05) is 34.3 Å². The van der Waals surface area contributed by atoms with Gasteiger partial charge in [-0.05, 0) is 29.8 Å². The highest BCUT2D eigenvalue weighted by atomic mass is 79.9. The Hall–Kier alpha value is -3.19. The van der Waals surface area contributed by atoms with E-state index in [4.69, 9.17) is 0 Å². The predicted molar refractivity (Wildman–Crippen MR) is 106 cm³/mol. The summed E-state index contributed by atoms with van der Waals surface area (Å²) in [6.45, 7) is 0. The lowest BCUT2D eigenvalue weighted by atomic mass is 10.0. The summed E-state index contributed by atoms with van der Waals surface area (Å²) in [6, 6.07) is 18.4. The van der Waals surface area contributed by atoms with Crippen LogP contribution in [0.1, 0.15) is 21.5 Å². The summed E-state index contributed by atoms with van der Waals surface area (Å²) in [7, 11) is 0. The molecular weight excluding hydrogens is 412 g/mol. The van der Waals surface area contributed by atoms with Crippen LogP contribution < -0.4 is 5.32 Å². The molecule has 0 aromatic heterocycles. The van der Waals surface area contributed by atoms with Crippen LogP contribution in [-0.2, 0) is 6.42 Å². The summed E-state index contributed by atoms with van der Waals surface area (Å²) in [4.78, 5) is 22.8. The average molecular weight is 427 g/mol. The quantitative estimate of drug-likeness (QED) is 0.447. The van der Waals surface area contributed by atoms with Gasteiger partial charge < -0.3 is 10.4 Å². The van der Waals surface area contributed by atoms with Gasteiger partial charge >= 0.3 is 0 Å². The summed E-state index contributed by atoms with van der Waals surface area (Å²) < 4.78 is 0.667. The zero-order valence-corrected chi connectivity index (χ0v) is 15.6. The molecule has 0 saturated carbocycles. The maximum Gasteiger partial charge on any atom is 0.269 e. The first-order valence-corrected chi connectivity index (χ1v) is 8.84. The number of benzene rings is 3. The van der Waals surface area contributed by atoms with Gasteiger partial charge in [0.05, 0.1) is 10.5 Å². The summed E-state index contributed by atoms with van der Waals surface area (Å²) in [6.07, 6.45) is 0.476. The fraction of sp³-hybridized carbons (Fsp3) is 0.0500. The van der Waals surface area contributed by atoms with E-state index in [1.54, 1.807) is 6.07 Å². The van der Waals surface area contributed by atoms with Crippen LogP contribution in [0.4, 0.5) is 11.4 Å². The van der Waals surface area contributed by atoms with Gasteiger partial charge in [-0.3, -0.25) is 14.9 Å². The van der Waals surface area contributed by atoms with E-state index in [0.717, 1.165) is 5.56 Å². The van der Waals surface area contributed by atoms with Crippen LogP contribution in [0.15, 0.2) is 71.2 Å². The van der Waals surface area contributed by atoms with Crippen molar-refractivity contribution in [1.29, 1.82) is 0 Å². The van der Waals surface area contributed by atoms with Crippen molar-refractivity contribution in [1.82, 2.24) is 0 Å². The number of nitrogens with zero attached hydrogens (tertiary/aromatic N) is 1. The molecular formula is C20H15BrN2O4. The molecule has 0 fully saturated rings. The number of hydrogen-bond donors (Lipinski definition) is 2. The maximum atomic E-state index is 12.6. The molecule has 0 heterocycles. The molecule has 0 spiro atoms. The number of amides is 1. The van der Waals surface area contributed by atoms with Gasteiger partial charge in [-0.15, -0.1) is 0 Å².